The molecule has 0 bridgehead atoms. The van der Waals surface area contributed by atoms with Gasteiger partial charge in [-0.1, -0.05) is 29.3 Å². The number of halogens is 5. The predicted molar refractivity (Wildman–Crippen MR) is 101 cm³/mol. The first-order valence-corrected chi connectivity index (χ1v) is 8.93. The highest BCUT2D eigenvalue weighted by Crippen LogP contribution is 2.34. The third-order valence-electron chi connectivity index (χ3n) is 4.28. The Morgan fingerprint density at radius 2 is 1.70 bits per heavy atom. The number of nitrogens with zero attached hydrogens (tertiary/aromatic N) is 2. The fourth-order valence-electron chi connectivity index (χ4n) is 2.83. The molecule has 2 aromatic rings. The topological polar surface area (TPSA) is 35.6 Å². The van der Waals surface area contributed by atoms with E-state index < -0.39 is 17.8 Å². The van der Waals surface area contributed by atoms with Gasteiger partial charge in [0.25, 0.3) is 0 Å². The van der Waals surface area contributed by atoms with Gasteiger partial charge in [-0.2, -0.15) is 13.2 Å². The molecule has 1 N–H and O–H groups in total. The van der Waals surface area contributed by atoms with Gasteiger partial charge in [-0.3, -0.25) is 0 Å². The highest BCUT2D eigenvalue weighted by Gasteiger charge is 2.31. The molecule has 1 aliphatic heterocycles. The summed E-state index contributed by atoms with van der Waals surface area (Å²) in [5.74, 6) is 0. The lowest BCUT2D eigenvalue weighted by Gasteiger charge is -2.36. The molecule has 1 fully saturated rings. The van der Waals surface area contributed by atoms with E-state index in [9.17, 15) is 18.0 Å². The Hall–Kier alpha value is -2.12. The molecule has 0 spiro atoms. The molecular weight excluding hydrogens is 402 g/mol. The summed E-state index contributed by atoms with van der Waals surface area (Å²) >= 11 is 11.9. The maximum absolute atomic E-state index is 12.8. The van der Waals surface area contributed by atoms with Crippen LogP contribution in [0.5, 0.6) is 0 Å². The summed E-state index contributed by atoms with van der Waals surface area (Å²) in [5.41, 5.74) is 0.0326. The summed E-state index contributed by atoms with van der Waals surface area (Å²) in [6.45, 7) is 2.03. The minimum Gasteiger partial charge on any atom is -0.368 e. The minimum atomic E-state index is -4.51. The molecule has 9 heteroatoms. The standard InChI is InChI=1S/C18H16Cl2F3N3O/c19-13-2-1-3-14(11-13)25-6-8-26(9-7-25)17(27)24-16-10-12(18(21,22)23)4-5-15(16)20/h1-5,10-11H,6-9H2,(H,24,27). The van der Waals surface area contributed by atoms with Crippen LogP contribution in [0.2, 0.25) is 10.0 Å². The fourth-order valence-corrected chi connectivity index (χ4v) is 3.18. The van der Waals surface area contributed by atoms with E-state index in [0.29, 0.717) is 31.2 Å². The fraction of sp³-hybridized carbons (Fsp3) is 0.278. The SMILES string of the molecule is O=C(Nc1cc(C(F)(F)F)ccc1Cl)N1CCN(c2cccc(Cl)c2)CC1. The second kappa shape index (κ2) is 7.86. The number of carbonyl (C=O) groups is 1. The molecule has 0 atom stereocenters. The van der Waals surface area contributed by atoms with E-state index in [1.165, 1.54) is 4.90 Å². The van der Waals surface area contributed by atoms with Crippen molar-refractivity contribution in [2.75, 3.05) is 36.4 Å². The molecule has 4 nitrogen and oxygen atoms in total. The Balaban J connectivity index is 1.63. The maximum Gasteiger partial charge on any atom is 0.416 e. The van der Waals surface area contributed by atoms with E-state index in [-0.39, 0.29) is 10.7 Å². The van der Waals surface area contributed by atoms with E-state index >= 15 is 0 Å². The highest BCUT2D eigenvalue weighted by atomic mass is 35.5. The molecule has 0 radical (unpaired) electrons. The van der Waals surface area contributed by atoms with Gasteiger partial charge in [0, 0.05) is 36.9 Å². The number of hydrogen-bond acceptors (Lipinski definition) is 2. The van der Waals surface area contributed by atoms with Crippen LogP contribution in [0.4, 0.5) is 29.3 Å². The van der Waals surface area contributed by atoms with Crippen molar-refractivity contribution in [1.82, 2.24) is 4.90 Å². The number of anilines is 2. The van der Waals surface area contributed by atoms with Gasteiger partial charge in [0.15, 0.2) is 0 Å². The van der Waals surface area contributed by atoms with Crippen molar-refractivity contribution in [3.63, 3.8) is 0 Å². The first kappa shape index (κ1) is 19.6. The molecule has 0 aromatic heterocycles. The molecule has 27 heavy (non-hydrogen) atoms. The van der Waals surface area contributed by atoms with Crippen molar-refractivity contribution in [1.29, 1.82) is 0 Å². The van der Waals surface area contributed by atoms with Crippen molar-refractivity contribution in [3.05, 3.63) is 58.1 Å². The molecule has 3 rings (SSSR count). The summed E-state index contributed by atoms with van der Waals surface area (Å²) < 4.78 is 38.5. The molecular formula is C18H16Cl2F3N3O. The van der Waals surface area contributed by atoms with Crippen LogP contribution in [0.15, 0.2) is 42.5 Å². The molecule has 1 saturated heterocycles. The van der Waals surface area contributed by atoms with E-state index in [1.807, 2.05) is 18.2 Å². The Kier molecular flexibility index (Phi) is 5.72. The first-order chi connectivity index (χ1) is 12.7. The summed E-state index contributed by atoms with van der Waals surface area (Å²) in [6.07, 6.45) is -4.51. The van der Waals surface area contributed by atoms with Crippen LogP contribution in [-0.4, -0.2) is 37.1 Å². The van der Waals surface area contributed by atoms with E-state index in [2.05, 4.69) is 10.2 Å². The normalized spacial score (nSPS) is 15.0. The number of carbonyl (C=O) groups excluding carboxylic acids is 1. The van der Waals surface area contributed by atoms with Crippen LogP contribution in [0.1, 0.15) is 5.56 Å². The number of rotatable bonds is 2. The summed E-state index contributed by atoms with van der Waals surface area (Å²) in [7, 11) is 0. The average Bonchev–Trinajstić information content (AvgIpc) is 2.62. The van der Waals surface area contributed by atoms with Crippen molar-refractivity contribution >= 4 is 40.6 Å². The zero-order valence-electron chi connectivity index (χ0n) is 14.1. The van der Waals surface area contributed by atoms with Gasteiger partial charge in [0.2, 0.25) is 0 Å². The first-order valence-electron chi connectivity index (χ1n) is 8.17. The predicted octanol–water partition coefficient (Wildman–Crippen LogP) is 5.37. The van der Waals surface area contributed by atoms with Gasteiger partial charge < -0.3 is 15.1 Å². The van der Waals surface area contributed by atoms with Gasteiger partial charge in [-0.05, 0) is 36.4 Å². The number of benzene rings is 2. The zero-order chi connectivity index (χ0) is 19.6. The lowest BCUT2D eigenvalue weighted by Crippen LogP contribution is -2.50. The molecule has 0 saturated carbocycles. The van der Waals surface area contributed by atoms with Crippen molar-refractivity contribution in [2.45, 2.75) is 6.18 Å². The number of amides is 2. The number of alkyl halides is 3. The summed E-state index contributed by atoms with van der Waals surface area (Å²) in [6, 6.07) is 9.77. The van der Waals surface area contributed by atoms with Gasteiger partial charge in [-0.25, -0.2) is 4.79 Å². The van der Waals surface area contributed by atoms with Crippen molar-refractivity contribution < 1.29 is 18.0 Å². The second-order valence-electron chi connectivity index (χ2n) is 6.08. The Labute approximate surface area is 164 Å². The number of urea groups is 1. The Morgan fingerprint density at radius 1 is 1.00 bits per heavy atom. The largest absolute Gasteiger partial charge is 0.416 e. The van der Waals surface area contributed by atoms with Crippen molar-refractivity contribution in [3.8, 4) is 0 Å². The van der Waals surface area contributed by atoms with E-state index in [0.717, 1.165) is 23.9 Å². The van der Waals surface area contributed by atoms with Gasteiger partial charge in [0.1, 0.15) is 0 Å². The average molecular weight is 418 g/mol. The van der Waals surface area contributed by atoms with Crippen LogP contribution in [0, 0.1) is 0 Å². The third kappa shape index (κ3) is 4.78. The molecule has 2 amide bonds. The molecule has 144 valence electrons. The monoisotopic (exact) mass is 417 g/mol. The maximum atomic E-state index is 12.8. The molecule has 2 aromatic carbocycles. The second-order valence-corrected chi connectivity index (χ2v) is 6.92. The van der Waals surface area contributed by atoms with Crippen molar-refractivity contribution in [2.24, 2.45) is 0 Å². The number of hydrogen-bond donors (Lipinski definition) is 1. The number of piperazine rings is 1. The molecule has 1 aliphatic rings. The summed E-state index contributed by atoms with van der Waals surface area (Å²) in [5, 5.41) is 3.15. The minimum absolute atomic E-state index is 0.0499. The molecule has 0 aliphatic carbocycles. The Bertz CT molecular complexity index is 837. The van der Waals surface area contributed by atoms with Crippen LogP contribution in [0.3, 0.4) is 0 Å². The van der Waals surface area contributed by atoms with Gasteiger partial charge in [-0.15, -0.1) is 0 Å². The van der Waals surface area contributed by atoms with Crippen LogP contribution >= 0.6 is 23.2 Å². The highest BCUT2D eigenvalue weighted by molar-refractivity contribution is 6.33. The van der Waals surface area contributed by atoms with Crippen LogP contribution in [0.25, 0.3) is 0 Å². The van der Waals surface area contributed by atoms with Gasteiger partial charge >= 0.3 is 12.2 Å². The lowest BCUT2D eigenvalue weighted by atomic mass is 10.2. The van der Waals surface area contributed by atoms with Crippen LogP contribution in [-0.2, 0) is 6.18 Å². The smallest absolute Gasteiger partial charge is 0.368 e. The third-order valence-corrected chi connectivity index (χ3v) is 4.84. The lowest BCUT2D eigenvalue weighted by molar-refractivity contribution is -0.137. The molecule has 1 heterocycles. The van der Waals surface area contributed by atoms with E-state index in [1.54, 1.807) is 6.07 Å². The van der Waals surface area contributed by atoms with E-state index in [4.69, 9.17) is 23.2 Å². The quantitative estimate of drug-likeness (QED) is 0.712. The Morgan fingerprint density at radius 3 is 2.33 bits per heavy atom. The summed E-state index contributed by atoms with van der Waals surface area (Å²) in [4.78, 5) is 16.0. The molecule has 0 unspecified atom stereocenters. The number of nitrogens with one attached hydrogen (secondary N) is 1. The van der Waals surface area contributed by atoms with Gasteiger partial charge in [0.05, 0.1) is 16.3 Å². The van der Waals surface area contributed by atoms with Crippen LogP contribution < -0.4 is 10.2 Å². The zero-order valence-corrected chi connectivity index (χ0v) is 15.6.